The number of nitrogen functional groups attached to an aromatic ring is 1. The van der Waals surface area contributed by atoms with E-state index >= 15 is 0 Å². The highest BCUT2D eigenvalue weighted by Gasteiger charge is 2.11. The molecule has 5 nitrogen and oxygen atoms in total. The molecule has 0 aliphatic rings. The minimum atomic E-state index is -0.432. The largest absolute Gasteiger partial charge is 0.397 e. The standard InChI is InChI=1S/C14H22FN3O2/c1-3-18(7-8-20-4-2)10-14(19)17-13-9-11(15)5-6-12(13)16/h5-6,9H,3-4,7-8,10,16H2,1-2H3,(H,17,19). The summed E-state index contributed by atoms with van der Waals surface area (Å²) in [4.78, 5) is 13.9. The topological polar surface area (TPSA) is 67.6 Å². The lowest BCUT2D eigenvalue weighted by atomic mass is 10.2. The molecule has 3 N–H and O–H groups in total. The highest BCUT2D eigenvalue weighted by atomic mass is 19.1. The number of likely N-dealkylation sites (N-methyl/N-ethyl adjacent to an activating group) is 1. The van der Waals surface area contributed by atoms with Crippen molar-refractivity contribution in [1.82, 2.24) is 4.90 Å². The lowest BCUT2D eigenvalue weighted by molar-refractivity contribution is -0.117. The van der Waals surface area contributed by atoms with Crippen LogP contribution < -0.4 is 11.1 Å². The van der Waals surface area contributed by atoms with Gasteiger partial charge in [0.2, 0.25) is 5.91 Å². The van der Waals surface area contributed by atoms with Crippen molar-refractivity contribution >= 4 is 17.3 Å². The number of hydrogen-bond donors (Lipinski definition) is 2. The van der Waals surface area contributed by atoms with Gasteiger partial charge in [-0.3, -0.25) is 9.69 Å². The molecule has 0 aliphatic carbocycles. The van der Waals surface area contributed by atoms with E-state index in [1.807, 2.05) is 18.7 Å². The van der Waals surface area contributed by atoms with Gasteiger partial charge < -0.3 is 15.8 Å². The quantitative estimate of drug-likeness (QED) is 0.563. The fourth-order valence-electron chi connectivity index (χ4n) is 1.72. The average molecular weight is 283 g/mol. The van der Waals surface area contributed by atoms with Gasteiger partial charge in [-0.05, 0) is 31.7 Å². The molecule has 0 bridgehead atoms. The van der Waals surface area contributed by atoms with Gasteiger partial charge >= 0.3 is 0 Å². The van der Waals surface area contributed by atoms with E-state index in [1.165, 1.54) is 18.2 Å². The van der Waals surface area contributed by atoms with E-state index in [9.17, 15) is 9.18 Å². The van der Waals surface area contributed by atoms with Gasteiger partial charge in [-0.25, -0.2) is 4.39 Å². The third kappa shape index (κ3) is 5.54. The lowest BCUT2D eigenvalue weighted by Crippen LogP contribution is -2.35. The third-order valence-corrected chi connectivity index (χ3v) is 2.86. The normalized spacial score (nSPS) is 10.8. The molecule has 0 fully saturated rings. The van der Waals surface area contributed by atoms with Crippen molar-refractivity contribution < 1.29 is 13.9 Å². The highest BCUT2D eigenvalue weighted by Crippen LogP contribution is 2.18. The van der Waals surface area contributed by atoms with Crippen LogP contribution in [-0.2, 0) is 9.53 Å². The Labute approximate surface area is 118 Å². The Morgan fingerprint density at radius 3 is 2.85 bits per heavy atom. The average Bonchev–Trinajstić information content (AvgIpc) is 2.42. The number of nitrogens with one attached hydrogen (secondary N) is 1. The Balaban J connectivity index is 2.51. The number of carbonyl (C=O) groups is 1. The molecule has 0 aliphatic heterocycles. The summed E-state index contributed by atoms with van der Waals surface area (Å²) < 4.78 is 18.4. The van der Waals surface area contributed by atoms with Crippen molar-refractivity contribution in [3.8, 4) is 0 Å². The number of halogens is 1. The molecule has 1 rings (SSSR count). The molecule has 0 unspecified atom stereocenters. The molecule has 0 aromatic heterocycles. The molecule has 6 heteroatoms. The molecule has 0 atom stereocenters. The molecule has 112 valence electrons. The Bertz CT molecular complexity index is 440. The number of carbonyl (C=O) groups excluding carboxylic acids is 1. The highest BCUT2D eigenvalue weighted by molar-refractivity contribution is 5.95. The zero-order valence-electron chi connectivity index (χ0n) is 12.0. The van der Waals surface area contributed by atoms with Crippen LogP contribution in [0.5, 0.6) is 0 Å². The van der Waals surface area contributed by atoms with Crippen LogP contribution in [0.15, 0.2) is 18.2 Å². The number of anilines is 2. The second-order valence-corrected chi connectivity index (χ2v) is 4.35. The maximum Gasteiger partial charge on any atom is 0.238 e. The predicted molar refractivity (Wildman–Crippen MR) is 78.0 cm³/mol. The van der Waals surface area contributed by atoms with Crippen LogP contribution in [-0.4, -0.2) is 43.7 Å². The van der Waals surface area contributed by atoms with E-state index in [2.05, 4.69) is 5.32 Å². The van der Waals surface area contributed by atoms with Crippen LogP contribution in [0.3, 0.4) is 0 Å². The molecular weight excluding hydrogens is 261 g/mol. The number of hydrogen-bond acceptors (Lipinski definition) is 4. The maximum absolute atomic E-state index is 13.1. The SMILES string of the molecule is CCOCCN(CC)CC(=O)Nc1cc(F)ccc1N. The number of nitrogens with two attached hydrogens (primary N) is 1. The summed E-state index contributed by atoms with van der Waals surface area (Å²) in [6.45, 7) is 6.77. The summed E-state index contributed by atoms with van der Waals surface area (Å²) in [6.07, 6.45) is 0. The van der Waals surface area contributed by atoms with Crippen molar-refractivity contribution in [2.45, 2.75) is 13.8 Å². The third-order valence-electron chi connectivity index (χ3n) is 2.86. The molecule has 1 amide bonds. The first kappa shape index (κ1) is 16.4. The van der Waals surface area contributed by atoms with Crippen LogP contribution in [0.4, 0.5) is 15.8 Å². The van der Waals surface area contributed by atoms with Crippen molar-refractivity contribution in [2.24, 2.45) is 0 Å². The molecule has 0 heterocycles. The minimum absolute atomic E-state index is 0.222. The van der Waals surface area contributed by atoms with Gasteiger partial charge in [-0.15, -0.1) is 0 Å². The second-order valence-electron chi connectivity index (χ2n) is 4.35. The Morgan fingerprint density at radius 2 is 2.20 bits per heavy atom. The summed E-state index contributed by atoms with van der Waals surface area (Å²) >= 11 is 0. The fourth-order valence-corrected chi connectivity index (χ4v) is 1.72. The van der Waals surface area contributed by atoms with Crippen molar-refractivity contribution in [1.29, 1.82) is 0 Å². The summed E-state index contributed by atoms with van der Waals surface area (Å²) in [5, 5.41) is 2.62. The van der Waals surface area contributed by atoms with Gasteiger partial charge in [0.15, 0.2) is 0 Å². The van der Waals surface area contributed by atoms with E-state index in [1.54, 1.807) is 0 Å². The smallest absolute Gasteiger partial charge is 0.238 e. The van der Waals surface area contributed by atoms with Crippen LogP contribution in [0.25, 0.3) is 0 Å². The van der Waals surface area contributed by atoms with Crippen LogP contribution in [0.1, 0.15) is 13.8 Å². The van der Waals surface area contributed by atoms with Gasteiger partial charge in [-0.1, -0.05) is 6.92 Å². The first-order chi connectivity index (χ1) is 9.56. The summed E-state index contributed by atoms with van der Waals surface area (Å²) in [6, 6.07) is 3.90. The van der Waals surface area contributed by atoms with E-state index in [0.717, 1.165) is 6.54 Å². The van der Waals surface area contributed by atoms with Gasteiger partial charge in [0.25, 0.3) is 0 Å². The molecule has 0 saturated carbocycles. The van der Waals surface area contributed by atoms with E-state index in [-0.39, 0.29) is 12.5 Å². The van der Waals surface area contributed by atoms with Crippen LogP contribution in [0.2, 0.25) is 0 Å². The lowest BCUT2D eigenvalue weighted by Gasteiger charge is -2.19. The number of amides is 1. The molecule has 20 heavy (non-hydrogen) atoms. The van der Waals surface area contributed by atoms with E-state index < -0.39 is 5.82 Å². The Kier molecular flexibility index (Phi) is 6.97. The predicted octanol–water partition coefficient (Wildman–Crippen LogP) is 1.70. The molecule has 0 saturated heterocycles. The van der Waals surface area contributed by atoms with E-state index in [0.29, 0.717) is 31.1 Å². The zero-order valence-corrected chi connectivity index (χ0v) is 12.0. The maximum atomic E-state index is 13.1. The van der Waals surface area contributed by atoms with E-state index in [4.69, 9.17) is 10.5 Å². The van der Waals surface area contributed by atoms with Crippen molar-refractivity contribution in [3.05, 3.63) is 24.0 Å². The summed E-state index contributed by atoms with van der Waals surface area (Å²) in [7, 11) is 0. The number of ether oxygens (including phenoxy) is 1. The first-order valence-corrected chi connectivity index (χ1v) is 6.71. The number of rotatable bonds is 8. The zero-order chi connectivity index (χ0) is 15.0. The minimum Gasteiger partial charge on any atom is -0.397 e. The van der Waals surface area contributed by atoms with Gasteiger partial charge in [0.05, 0.1) is 24.5 Å². The molecule has 1 aromatic carbocycles. The Hall–Kier alpha value is -1.66. The summed E-state index contributed by atoms with van der Waals surface area (Å²) in [5.41, 5.74) is 6.33. The summed E-state index contributed by atoms with van der Waals surface area (Å²) in [5.74, 6) is -0.654. The Morgan fingerprint density at radius 1 is 1.45 bits per heavy atom. The first-order valence-electron chi connectivity index (χ1n) is 6.71. The van der Waals surface area contributed by atoms with Gasteiger partial charge in [0.1, 0.15) is 5.82 Å². The number of nitrogens with zero attached hydrogens (tertiary/aromatic N) is 1. The van der Waals surface area contributed by atoms with Gasteiger partial charge in [0, 0.05) is 13.2 Å². The second kappa shape index (κ2) is 8.50. The molecule has 0 spiro atoms. The van der Waals surface area contributed by atoms with Gasteiger partial charge in [-0.2, -0.15) is 0 Å². The monoisotopic (exact) mass is 283 g/mol. The molecule has 0 radical (unpaired) electrons. The number of benzene rings is 1. The molecular formula is C14H22FN3O2. The van der Waals surface area contributed by atoms with Crippen LogP contribution >= 0.6 is 0 Å². The molecule has 1 aromatic rings. The van der Waals surface area contributed by atoms with Crippen LogP contribution in [0, 0.1) is 5.82 Å². The van der Waals surface area contributed by atoms with Crippen molar-refractivity contribution in [2.75, 3.05) is 43.9 Å². The fraction of sp³-hybridized carbons (Fsp3) is 0.500. The van der Waals surface area contributed by atoms with Crippen molar-refractivity contribution in [3.63, 3.8) is 0 Å².